The van der Waals surface area contributed by atoms with Gasteiger partial charge in [-0.15, -0.1) is 11.6 Å². The molecule has 1 heterocycles. The number of non-ortho nitro benzene ring substituents is 1. The van der Waals surface area contributed by atoms with Crippen molar-refractivity contribution < 1.29 is 24.4 Å². The molecule has 0 aliphatic carbocycles. The predicted molar refractivity (Wildman–Crippen MR) is 98.4 cm³/mol. The number of halogens is 1. The van der Waals surface area contributed by atoms with Crippen LogP contribution in [0.15, 0.2) is 24.3 Å². The van der Waals surface area contributed by atoms with Crippen LogP contribution in [0.25, 0.3) is 11.1 Å². The smallest absolute Gasteiger partial charge is 0.340 e. The van der Waals surface area contributed by atoms with Crippen molar-refractivity contribution in [3.05, 3.63) is 56.9 Å². The predicted octanol–water partition coefficient (Wildman–Crippen LogP) is 3.76. The number of carboxylic acids is 1. The number of aryl methyl sites for hydroxylation is 2. The van der Waals surface area contributed by atoms with Crippen molar-refractivity contribution in [1.29, 1.82) is 0 Å². The van der Waals surface area contributed by atoms with Crippen LogP contribution < -0.4 is 0 Å². The standard InChI is InChI=1S/C18H17ClN2O6/c1-10-14(17(22)23)16(12-5-3-6-13(9-12)21(25)26)15(11(2)20-10)18(24)27-8-4-7-19/h3,5-6,9H,4,7-8H2,1-2H3,(H,22,23). The van der Waals surface area contributed by atoms with Gasteiger partial charge < -0.3 is 9.84 Å². The topological polar surface area (TPSA) is 120 Å². The number of esters is 1. The molecule has 8 nitrogen and oxygen atoms in total. The average Bonchev–Trinajstić information content (AvgIpc) is 2.60. The average molecular weight is 393 g/mol. The Balaban J connectivity index is 2.75. The van der Waals surface area contributed by atoms with Gasteiger partial charge in [0.25, 0.3) is 5.69 Å². The highest BCUT2D eigenvalue weighted by Crippen LogP contribution is 2.33. The molecule has 0 radical (unpaired) electrons. The Labute approximate surface area is 159 Å². The Hall–Kier alpha value is -3.00. The van der Waals surface area contributed by atoms with Crippen LogP contribution in [0.4, 0.5) is 5.69 Å². The maximum Gasteiger partial charge on any atom is 0.340 e. The van der Waals surface area contributed by atoms with Gasteiger partial charge in [0.1, 0.15) is 0 Å². The van der Waals surface area contributed by atoms with Crippen LogP contribution in [-0.4, -0.2) is 39.4 Å². The number of hydrogen-bond donors (Lipinski definition) is 1. The molecular weight excluding hydrogens is 376 g/mol. The number of carboxylic acid groups (broad SMARTS) is 1. The number of ether oxygens (including phenoxy) is 1. The summed E-state index contributed by atoms with van der Waals surface area (Å²) < 4.78 is 5.17. The van der Waals surface area contributed by atoms with Crippen LogP contribution in [0.2, 0.25) is 0 Å². The zero-order chi connectivity index (χ0) is 20.1. The zero-order valence-electron chi connectivity index (χ0n) is 14.7. The van der Waals surface area contributed by atoms with Crippen molar-refractivity contribution in [3.63, 3.8) is 0 Å². The maximum atomic E-state index is 12.6. The third-order valence-electron chi connectivity index (χ3n) is 3.83. The van der Waals surface area contributed by atoms with Gasteiger partial charge in [-0.2, -0.15) is 0 Å². The Morgan fingerprint density at radius 1 is 1.26 bits per heavy atom. The fourth-order valence-corrected chi connectivity index (χ4v) is 2.83. The van der Waals surface area contributed by atoms with E-state index >= 15 is 0 Å². The molecule has 9 heteroatoms. The van der Waals surface area contributed by atoms with Crippen LogP contribution in [0.1, 0.15) is 38.5 Å². The molecule has 2 aromatic rings. The molecule has 0 spiro atoms. The molecule has 0 unspecified atom stereocenters. The molecule has 0 aliphatic rings. The molecule has 0 aliphatic heterocycles. The summed E-state index contributed by atoms with van der Waals surface area (Å²) in [5.74, 6) is -1.75. The first-order chi connectivity index (χ1) is 12.8. The molecule has 1 aromatic carbocycles. The SMILES string of the molecule is Cc1nc(C)c(C(=O)OCCCCl)c(-c2cccc([N+](=O)[O-])c2)c1C(=O)O. The van der Waals surface area contributed by atoms with Crippen LogP contribution in [0.5, 0.6) is 0 Å². The van der Waals surface area contributed by atoms with Crippen molar-refractivity contribution in [2.75, 3.05) is 12.5 Å². The third-order valence-corrected chi connectivity index (χ3v) is 4.10. The lowest BCUT2D eigenvalue weighted by Gasteiger charge is -2.16. The fraction of sp³-hybridized carbons (Fsp3) is 0.278. The van der Waals surface area contributed by atoms with Gasteiger partial charge in [0.15, 0.2) is 0 Å². The van der Waals surface area contributed by atoms with E-state index in [-0.39, 0.29) is 45.9 Å². The summed E-state index contributed by atoms with van der Waals surface area (Å²) in [7, 11) is 0. The van der Waals surface area contributed by atoms with Crippen molar-refractivity contribution >= 4 is 29.2 Å². The molecule has 0 fully saturated rings. The number of hydrogen-bond acceptors (Lipinski definition) is 6. The van der Waals surface area contributed by atoms with E-state index in [0.29, 0.717) is 12.3 Å². The second kappa shape index (κ2) is 8.59. The molecule has 2 rings (SSSR count). The summed E-state index contributed by atoms with van der Waals surface area (Å²) >= 11 is 5.58. The van der Waals surface area contributed by atoms with Gasteiger partial charge in [0.05, 0.1) is 34.0 Å². The summed E-state index contributed by atoms with van der Waals surface area (Å²) in [6.07, 6.45) is 0.434. The second-order valence-corrected chi connectivity index (χ2v) is 6.08. The molecule has 1 aromatic heterocycles. The van der Waals surface area contributed by atoms with Gasteiger partial charge in [0, 0.05) is 23.6 Å². The zero-order valence-corrected chi connectivity index (χ0v) is 15.4. The highest BCUT2D eigenvalue weighted by atomic mass is 35.5. The minimum absolute atomic E-state index is 0.0342. The van der Waals surface area contributed by atoms with Gasteiger partial charge in [-0.25, -0.2) is 9.59 Å². The molecular formula is C18H17ClN2O6. The summed E-state index contributed by atoms with van der Waals surface area (Å²) in [5, 5.41) is 20.8. The van der Waals surface area contributed by atoms with Crippen LogP contribution >= 0.6 is 11.6 Å². The van der Waals surface area contributed by atoms with E-state index in [2.05, 4.69) is 4.98 Å². The summed E-state index contributed by atoms with van der Waals surface area (Å²) in [6.45, 7) is 3.12. The number of carbonyl (C=O) groups is 2. The molecule has 27 heavy (non-hydrogen) atoms. The number of aromatic nitrogens is 1. The molecule has 1 N–H and O–H groups in total. The van der Waals surface area contributed by atoms with Crippen LogP contribution in [-0.2, 0) is 4.74 Å². The molecule has 0 saturated heterocycles. The Morgan fingerprint density at radius 3 is 2.52 bits per heavy atom. The quantitative estimate of drug-likeness (QED) is 0.250. The normalized spacial score (nSPS) is 10.5. The van der Waals surface area contributed by atoms with Gasteiger partial charge in [0.2, 0.25) is 0 Å². The number of rotatable bonds is 7. The third kappa shape index (κ3) is 4.40. The number of pyridine rings is 1. The highest BCUT2D eigenvalue weighted by molar-refractivity contribution is 6.17. The maximum absolute atomic E-state index is 12.6. The lowest BCUT2D eigenvalue weighted by atomic mass is 9.92. The van der Waals surface area contributed by atoms with E-state index in [1.54, 1.807) is 6.92 Å². The lowest BCUT2D eigenvalue weighted by Crippen LogP contribution is -2.16. The molecule has 0 bridgehead atoms. The van der Waals surface area contributed by atoms with Crippen molar-refractivity contribution in [3.8, 4) is 11.1 Å². The van der Waals surface area contributed by atoms with E-state index in [0.717, 1.165) is 0 Å². The number of nitro benzene ring substituents is 1. The van der Waals surface area contributed by atoms with Crippen LogP contribution in [0.3, 0.4) is 0 Å². The van der Waals surface area contributed by atoms with E-state index < -0.39 is 16.9 Å². The fourth-order valence-electron chi connectivity index (χ4n) is 2.72. The minimum Gasteiger partial charge on any atom is -0.478 e. The van der Waals surface area contributed by atoms with Crippen molar-refractivity contribution in [2.24, 2.45) is 0 Å². The van der Waals surface area contributed by atoms with E-state index in [1.165, 1.54) is 31.2 Å². The van der Waals surface area contributed by atoms with E-state index in [4.69, 9.17) is 16.3 Å². The number of carbonyl (C=O) groups excluding carboxylic acids is 1. The van der Waals surface area contributed by atoms with E-state index in [9.17, 15) is 24.8 Å². The summed E-state index contributed by atoms with van der Waals surface area (Å²) in [4.78, 5) is 39.1. The molecule has 142 valence electrons. The number of nitrogens with zero attached hydrogens (tertiary/aromatic N) is 2. The number of benzene rings is 1. The number of alkyl halides is 1. The first kappa shape index (κ1) is 20.3. The number of nitro groups is 1. The number of aromatic carboxylic acids is 1. The monoisotopic (exact) mass is 392 g/mol. The first-order valence-corrected chi connectivity index (χ1v) is 8.53. The molecule has 0 saturated carbocycles. The Kier molecular flexibility index (Phi) is 6.46. The van der Waals surface area contributed by atoms with Gasteiger partial charge >= 0.3 is 11.9 Å². The van der Waals surface area contributed by atoms with E-state index in [1.807, 2.05) is 0 Å². The van der Waals surface area contributed by atoms with Crippen molar-refractivity contribution in [1.82, 2.24) is 4.98 Å². The minimum atomic E-state index is -1.30. The summed E-state index contributed by atoms with van der Waals surface area (Å²) in [5.41, 5.74) is 0.274. The largest absolute Gasteiger partial charge is 0.478 e. The first-order valence-electron chi connectivity index (χ1n) is 8.00. The summed E-state index contributed by atoms with van der Waals surface area (Å²) in [6, 6.07) is 5.43. The van der Waals surface area contributed by atoms with Crippen molar-refractivity contribution in [2.45, 2.75) is 20.3 Å². The Morgan fingerprint density at radius 2 is 1.93 bits per heavy atom. The molecule has 0 atom stereocenters. The van der Waals surface area contributed by atoms with Crippen LogP contribution in [0, 0.1) is 24.0 Å². The molecule has 0 amide bonds. The Bertz CT molecular complexity index is 913. The van der Waals surface area contributed by atoms with Gasteiger partial charge in [-0.05, 0) is 25.8 Å². The highest BCUT2D eigenvalue weighted by Gasteiger charge is 2.27. The van der Waals surface area contributed by atoms with Gasteiger partial charge in [-0.3, -0.25) is 15.1 Å². The lowest BCUT2D eigenvalue weighted by molar-refractivity contribution is -0.384. The second-order valence-electron chi connectivity index (χ2n) is 5.70. The van der Waals surface area contributed by atoms with Gasteiger partial charge in [-0.1, -0.05) is 12.1 Å².